The number of ether oxygens (including phenoxy) is 1. The Bertz CT molecular complexity index is 407. The van der Waals surface area contributed by atoms with Gasteiger partial charge in [-0.3, -0.25) is 4.79 Å². The topological polar surface area (TPSA) is 26.3 Å². The second kappa shape index (κ2) is 7.09. The Morgan fingerprint density at radius 2 is 1.89 bits per heavy atom. The minimum Gasteiger partial charge on any atom is -0.497 e. The Morgan fingerprint density at radius 1 is 1.26 bits per heavy atom. The van der Waals surface area contributed by atoms with E-state index in [9.17, 15) is 4.79 Å². The van der Waals surface area contributed by atoms with Gasteiger partial charge in [0, 0.05) is 5.56 Å². The highest BCUT2D eigenvalue weighted by atomic mass is 79.9. The van der Waals surface area contributed by atoms with E-state index in [0.29, 0.717) is 5.92 Å². The summed E-state index contributed by atoms with van der Waals surface area (Å²) in [5.74, 6) is 1.68. The molecule has 1 atom stereocenters. The first-order valence-electron chi connectivity index (χ1n) is 7.03. The third-order valence-corrected chi connectivity index (χ3v) is 4.71. The van der Waals surface area contributed by atoms with Crippen LogP contribution >= 0.6 is 15.9 Å². The third-order valence-electron chi connectivity index (χ3n) is 3.92. The van der Waals surface area contributed by atoms with Crippen molar-refractivity contribution in [1.29, 1.82) is 0 Å². The van der Waals surface area contributed by atoms with Crippen molar-refractivity contribution in [3.05, 3.63) is 29.8 Å². The van der Waals surface area contributed by atoms with Crippen LogP contribution in [0, 0.1) is 5.92 Å². The van der Waals surface area contributed by atoms with Crippen LogP contribution in [-0.2, 0) is 0 Å². The van der Waals surface area contributed by atoms with Crippen LogP contribution in [0.25, 0.3) is 0 Å². The first kappa shape index (κ1) is 14.6. The smallest absolute Gasteiger partial charge is 0.176 e. The quantitative estimate of drug-likeness (QED) is 0.584. The summed E-state index contributed by atoms with van der Waals surface area (Å²) in [4.78, 5) is 12.3. The summed E-state index contributed by atoms with van der Waals surface area (Å²) in [6.07, 6.45) is 7.51. The molecule has 1 unspecified atom stereocenters. The number of ketones is 1. The molecule has 1 aliphatic rings. The van der Waals surface area contributed by atoms with E-state index in [0.717, 1.165) is 17.7 Å². The highest BCUT2D eigenvalue weighted by Crippen LogP contribution is 2.30. The predicted molar refractivity (Wildman–Crippen MR) is 81.2 cm³/mol. The second-order valence-electron chi connectivity index (χ2n) is 5.30. The summed E-state index contributed by atoms with van der Waals surface area (Å²) >= 11 is 3.57. The van der Waals surface area contributed by atoms with E-state index < -0.39 is 0 Å². The van der Waals surface area contributed by atoms with E-state index in [2.05, 4.69) is 15.9 Å². The van der Waals surface area contributed by atoms with Crippen molar-refractivity contribution >= 4 is 21.7 Å². The lowest BCUT2D eigenvalue weighted by Gasteiger charge is -2.23. The van der Waals surface area contributed by atoms with Crippen molar-refractivity contribution in [2.45, 2.75) is 43.4 Å². The zero-order valence-corrected chi connectivity index (χ0v) is 13.0. The zero-order valence-electron chi connectivity index (χ0n) is 11.4. The third kappa shape index (κ3) is 4.07. The molecule has 0 bridgehead atoms. The van der Waals surface area contributed by atoms with Gasteiger partial charge in [-0.2, -0.15) is 0 Å². The number of hydrogen-bond acceptors (Lipinski definition) is 2. The number of hydrogen-bond donors (Lipinski definition) is 0. The SMILES string of the molecule is COc1ccc(C(=O)C(Br)CC2CCCCC2)cc1. The van der Waals surface area contributed by atoms with Crippen molar-refractivity contribution in [3.8, 4) is 5.75 Å². The predicted octanol–water partition coefficient (Wildman–Crippen LogP) is 4.61. The van der Waals surface area contributed by atoms with Crippen molar-refractivity contribution in [1.82, 2.24) is 0 Å². The minimum atomic E-state index is -0.0519. The van der Waals surface area contributed by atoms with Crippen LogP contribution in [0.2, 0.25) is 0 Å². The molecule has 2 rings (SSSR count). The fourth-order valence-electron chi connectivity index (χ4n) is 2.76. The number of rotatable bonds is 5. The fourth-order valence-corrected chi connectivity index (χ4v) is 3.55. The molecule has 0 aliphatic heterocycles. The summed E-state index contributed by atoms with van der Waals surface area (Å²) in [5, 5.41) is 0. The van der Waals surface area contributed by atoms with E-state index in [1.807, 2.05) is 24.3 Å². The van der Waals surface area contributed by atoms with Gasteiger partial charge in [-0.05, 0) is 36.6 Å². The van der Waals surface area contributed by atoms with Gasteiger partial charge >= 0.3 is 0 Å². The van der Waals surface area contributed by atoms with Crippen LogP contribution in [-0.4, -0.2) is 17.7 Å². The Kier molecular flexibility index (Phi) is 5.44. The van der Waals surface area contributed by atoms with Crippen LogP contribution in [0.5, 0.6) is 5.75 Å². The number of methoxy groups -OCH3 is 1. The summed E-state index contributed by atoms with van der Waals surface area (Å²) in [5.41, 5.74) is 0.762. The minimum absolute atomic E-state index is 0.0519. The van der Waals surface area contributed by atoms with Gasteiger partial charge in [0.05, 0.1) is 11.9 Å². The highest BCUT2D eigenvalue weighted by Gasteiger charge is 2.22. The number of alkyl halides is 1. The van der Waals surface area contributed by atoms with Crippen LogP contribution in [0.1, 0.15) is 48.9 Å². The van der Waals surface area contributed by atoms with Gasteiger partial charge in [-0.25, -0.2) is 0 Å². The summed E-state index contributed by atoms with van der Waals surface area (Å²) in [7, 11) is 1.63. The molecule has 1 aliphatic carbocycles. The van der Waals surface area contributed by atoms with Crippen LogP contribution in [0.15, 0.2) is 24.3 Å². The monoisotopic (exact) mass is 324 g/mol. The number of carbonyl (C=O) groups is 1. The van der Waals surface area contributed by atoms with Crippen LogP contribution < -0.4 is 4.74 Å². The normalized spacial score (nSPS) is 18.0. The first-order valence-corrected chi connectivity index (χ1v) is 7.94. The van der Waals surface area contributed by atoms with Gasteiger partial charge in [-0.1, -0.05) is 48.0 Å². The Morgan fingerprint density at radius 3 is 2.47 bits per heavy atom. The molecule has 0 aromatic heterocycles. The van der Waals surface area contributed by atoms with Crippen molar-refractivity contribution in [2.75, 3.05) is 7.11 Å². The van der Waals surface area contributed by atoms with Crippen molar-refractivity contribution < 1.29 is 9.53 Å². The lowest BCUT2D eigenvalue weighted by Crippen LogP contribution is -2.19. The van der Waals surface area contributed by atoms with E-state index in [4.69, 9.17) is 4.74 Å². The molecule has 2 nitrogen and oxygen atoms in total. The number of halogens is 1. The molecule has 0 heterocycles. The van der Waals surface area contributed by atoms with Gasteiger partial charge < -0.3 is 4.74 Å². The van der Waals surface area contributed by atoms with Crippen LogP contribution in [0.4, 0.5) is 0 Å². The average Bonchev–Trinajstić information content (AvgIpc) is 2.47. The average molecular weight is 325 g/mol. The van der Waals surface area contributed by atoms with Crippen molar-refractivity contribution in [3.63, 3.8) is 0 Å². The van der Waals surface area contributed by atoms with E-state index in [1.165, 1.54) is 32.1 Å². The highest BCUT2D eigenvalue weighted by molar-refractivity contribution is 9.10. The van der Waals surface area contributed by atoms with Gasteiger partial charge in [0.2, 0.25) is 0 Å². The maximum Gasteiger partial charge on any atom is 0.176 e. The van der Waals surface area contributed by atoms with E-state index in [-0.39, 0.29) is 10.6 Å². The molecular weight excluding hydrogens is 304 g/mol. The standard InChI is InChI=1S/C16H21BrO2/c1-19-14-9-7-13(8-10-14)16(18)15(17)11-12-5-3-2-4-6-12/h7-10,12,15H,2-6,11H2,1H3. The molecule has 0 amide bonds. The summed E-state index contributed by atoms with van der Waals surface area (Å²) in [6.45, 7) is 0. The molecule has 3 heteroatoms. The van der Waals surface area contributed by atoms with Gasteiger partial charge in [0.25, 0.3) is 0 Å². The second-order valence-corrected chi connectivity index (χ2v) is 6.41. The fraction of sp³-hybridized carbons (Fsp3) is 0.562. The first-order chi connectivity index (χ1) is 9.20. The molecule has 0 spiro atoms. The molecule has 0 N–H and O–H groups in total. The largest absolute Gasteiger partial charge is 0.497 e. The Balaban J connectivity index is 1.93. The summed E-state index contributed by atoms with van der Waals surface area (Å²) < 4.78 is 5.11. The Labute approximate surface area is 123 Å². The maximum atomic E-state index is 12.3. The molecule has 1 aromatic carbocycles. The lowest BCUT2D eigenvalue weighted by atomic mass is 9.85. The van der Waals surface area contributed by atoms with Gasteiger partial charge in [0.1, 0.15) is 5.75 Å². The van der Waals surface area contributed by atoms with Crippen LogP contribution in [0.3, 0.4) is 0 Å². The van der Waals surface area contributed by atoms with E-state index in [1.54, 1.807) is 7.11 Å². The van der Waals surface area contributed by atoms with Gasteiger partial charge in [-0.15, -0.1) is 0 Å². The molecule has 0 saturated heterocycles. The number of benzene rings is 1. The molecule has 1 fully saturated rings. The molecule has 0 radical (unpaired) electrons. The number of Topliss-reactive ketones (excluding diaryl/α,β-unsaturated/α-hetero) is 1. The lowest BCUT2D eigenvalue weighted by molar-refractivity contribution is 0.0980. The molecule has 19 heavy (non-hydrogen) atoms. The van der Waals surface area contributed by atoms with Gasteiger partial charge in [0.15, 0.2) is 5.78 Å². The molecular formula is C16H21BrO2. The van der Waals surface area contributed by atoms with E-state index >= 15 is 0 Å². The maximum absolute atomic E-state index is 12.3. The number of carbonyl (C=O) groups excluding carboxylic acids is 1. The Hall–Kier alpha value is -0.830. The molecule has 1 saturated carbocycles. The zero-order chi connectivity index (χ0) is 13.7. The summed E-state index contributed by atoms with van der Waals surface area (Å²) in [6, 6.07) is 7.37. The molecule has 104 valence electrons. The molecule has 1 aromatic rings. The van der Waals surface area contributed by atoms with Crippen molar-refractivity contribution in [2.24, 2.45) is 5.92 Å².